The Labute approximate surface area is 109 Å². The van der Waals surface area contributed by atoms with Crippen LogP contribution < -0.4 is 16.4 Å². The molecule has 0 saturated heterocycles. The lowest BCUT2D eigenvalue weighted by Gasteiger charge is -2.25. The Bertz CT molecular complexity index is 292. The second kappa shape index (κ2) is 7.36. The molecule has 0 aromatic heterocycles. The summed E-state index contributed by atoms with van der Waals surface area (Å²) in [6.45, 7) is 4.24. The van der Waals surface area contributed by atoms with Crippen molar-refractivity contribution in [3.63, 3.8) is 0 Å². The molecule has 5 nitrogen and oxygen atoms in total. The van der Waals surface area contributed by atoms with Crippen molar-refractivity contribution in [1.82, 2.24) is 10.6 Å². The second-order valence-corrected chi connectivity index (χ2v) is 5.39. The van der Waals surface area contributed by atoms with Gasteiger partial charge in [-0.1, -0.05) is 6.42 Å². The van der Waals surface area contributed by atoms with Crippen LogP contribution >= 0.6 is 0 Å². The molecule has 1 fully saturated rings. The van der Waals surface area contributed by atoms with Crippen LogP contribution in [0, 0.1) is 5.92 Å². The van der Waals surface area contributed by atoms with E-state index in [1.165, 1.54) is 0 Å². The third kappa shape index (κ3) is 5.49. The lowest BCUT2D eigenvalue weighted by molar-refractivity contribution is -0.126. The molecule has 4 N–H and O–H groups in total. The zero-order valence-corrected chi connectivity index (χ0v) is 11.4. The monoisotopic (exact) mass is 255 g/mol. The van der Waals surface area contributed by atoms with Gasteiger partial charge in [0.15, 0.2) is 0 Å². The number of nitrogens with two attached hydrogens (primary N) is 1. The maximum Gasteiger partial charge on any atom is 0.223 e. The minimum atomic E-state index is -0.0226. The van der Waals surface area contributed by atoms with E-state index in [0.717, 1.165) is 25.7 Å². The number of hydrogen-bond donors (Lipinski definition) is 3. The van der Waals surface area contributed by atoms with E-state index in [1.807, 2.05) is 13.8 Å². The number of hydrogen-bond acceptors (Lipinski definition) is 3. The number of carbonyl (C=O) groups excluding carboxylic acids is 2. The Morgan fingerprint density at radius 2 is 2.06 bits per heavy atom. The second-order valence-electron chi connectivity index (χ2n) is 5.39. The van der Waals surface area contributed by atoms with Crippen LogP contribution in [0.25, 0.3) is 0 Å². The van der Waals surface area contributed by atoms with Gasteiger partial charge in [0.05, 0.1) is 0 Å². The molecule has 5 heteroatoms. The minimum Gasteiger partial charge on any atom is -0.355 e. The molecule has 2 unspecified atom stereocenters. The van der Waals surface area contributed by atoms with Gasteiger partial charge in [-0.15, -0.1) is 0 Å². The molecular weight excluding hydrogens is 230 g/mol. The first-order valence-electron chi connectivity index (χ1n) is 6.81. The van der Waals surface area contributed by atoms with Crippen molar-refractivity contribution in [3.8, 4) is 0 Å². The van der Waals surface area contributed by atoms with Gasteiger partial charge in [0, 0.05) is 31.0 Å². The predicted molar refractivity (Wildman–Crippen MR) is 70.8 cm³/mol. The largest absolute Gasteiger partial charge is 0.355 e. The highest BCUT2D eigenvalue weighted by molar-refractivity contribution is 5.80. The van der Waals surface area contributed by atoms with Crippen LogP contribution in [0.2, 0.25) is 0 Å². The van der Waals surface area contributed by atoms with Gasteiger partial charge in [-0.05, 0) is 33.1 Å². The van der Waals surface area contributed by atoms with E-state index in [9.17, 15) is 9.59 Å². The fraction of sp³-hybridized carbons (Fsp3) is 0.846. The van der Waals surface area contributed by atoms with Crippen LogP contribution in [0.3, 0.4) is 0 Å². The van der Waals surface area contributed by atoms with Gasteiger partial charge >= 0.3 is 0 Å². The SMILES string of the molecule is CC(C)NC(=O)CCNC(=O)C1CCCC(N)C1. The summed E-state index contributed by atoms with van der Waals surface area (Å²) < 4.78 is 0. The van der Waals surface area contributed by atoms with Crippen LogP contribution in [-0.2, 0) is 9.59 Å². The van der Waals surface area contributed by atoms with Crippen molar-refractivity contribution in [2.75, 3.05) is 6.54 Å². The lowest BCUT2D eigenvalue weighted by atomic mass is 9.85. The third-order valence-corrected chi connectivity index (χ3v) is 3.19. The van der Waals surface area contributed by atoms with Crippen molar-refractivity contribution in [1.29, 1.82) is 0 Å². The highest BCUT2D eigenvalue weighted by atomic mass is 16.2. The average molecular weight is 255 g/mol. The number of nitrogens with one attached hydrogen (secondary N) is 2. The molecule has 1 aliphatic rings. The molecule has 2 amide bonds. The van der Waals surface area contributed by atoms with Gasteiger partial charge in [-0.2, -0.15) is 0 Å². The molecular formula is C13H25N3O2. The Balaban J connectivity index is 2.18. The van der Waals surface area contributed by atoms with Crippen molar-refractivity contribution in [3.05, 3.63) is 0 Å². The topological polar surface area (TPSA) is 84.2 Å². The zero-order chi connectivity index (χ0) is 13.5. The van der Waals surface area contributed by atoms with E-state index in [4.69, 9.17) is 5.73 Å². The van der Waals surface area contributed by atoms with Crippen LogP contribution in [0.15, 0.2) is 0 Å². The Morgan fingerprint density at radius 3 is 2.67 bits per heavy atom. The molecule has 1 aliphatic carbocycles. The summed E-state index contributed by atoms with van der Waals surface area (Å²) in [5, 5.41) is 5.61. The summed E-state index contributed by atoms with van der Waals surface area (Å²) in [6, 6.07) is 0.295. The molecule has 18 heavy (non-hydrogen) atoms. The van der Waals surface area contributed by atoms with Gasteiger partial charge in [0.1, 0.15) is 0 Å². The standard InChI is InChI=1S/C13H25N3O2/c1-9(2)16-12(17)6-7-15-13(18)10-4-3-5-11(14)8-10/h9-11H,3-8,14H2,1-2H3,(H,15,18)(H,16,17). The molecule has 0 aliphatic heterocycles. The molecule has 0 aromatic carbocycles. The van der Waals surface area contributed by atoms with E-state index in [1.54, 1.807) is 0 Å². The van der Waals surface area contributed by atoms with Crippen LogP contribution in [-0.4, -0.2) is 30.4 Å². The number of rotatable bonds is 5. The van der Waals surface area contributed by atoms with Crippen molar-refractivity contribution >= 4 is 11.8 Å². The minimum absolute atomic E-state index is 0.0226. The quantitative estimate of drug-likeness (QED) is 0.670. The van der Waals surface area contributed by atoms with Crippen LogP contribution in [0.4, 0.5) is 0 Å². The van der Waals surface area contributed by atoms with Gasteiger partial charge in [-0.25, -0.2) is 0 Å². The van der Waals surface area contributed by atoms with Gasteiger partial charge in [0.25, 0.3) is 0 Å². The van der Waals surface area contributed by atoms with Crippen molar-refractivity contribution < 1.29 is 9.59 Å². The normalized spacial score (nSPS) is 23.8. The van der Waals surface area contributed by atoms with E-state index < -0.39 is 0 Å². The lowest BCUT2D eigenvalue weighted by Crippen LogP contribution is -2.39. The first-order valence-corrected chi connectivity index (χ1v) is 6.81. The summed E-state index contributed by atoms with van der Waals surface area (Å²) in [6.07, 6.45) is 4.05. The smallest absolute Gasteiger partial charge is 0.223 e. The summed E-state index contributed by atoms with van der Waals surface area (Å²) in [7, 11) is 0. The fourth-order valence-corrected chi connectivity index (χ4v) is 2.30. The highest BCUT2D eigenvalue weighted by Crippen LogP contribution is 2.22. The third-order valence-electron chi connectivity index (χ3n) is 3.19. The van der Waals surface area contributed by atoms with E-state index in [2.05, 4.69) is 10.6 Å². The number of amides is 2. The van der Waals surface area contributed by atoms with Gasteiger partial charge in [-0.3, -0.25) is 9.59 Å². The van der Waals surface area contributed by atoms with Crippen molar-refractivity contribution in [2.45, 2.75) is 58.0 Å². The average Bonchev–Trinajstić information content (AvgIpc) is 2.27. The predicted octanol–water partition coefficient (Wildman–Crippen LogP) is 0.535. The summed E-state index contributed by atoms with van der Waals surface area (Å²) in [5.41, 5.74) is 5.85. The van der Waals surface area contributed by atoms with E-state index in [0.29, 0.717) is 13.0 Å². The van der Waals surface area contributed by atoms with Crippen LogP contribution in [0.1, 0.15) is 46.0 Å². The van der Waals surface area contributed by atoms with Gasteiger partial charge < -0.3 is 16.4 Å². The fourth-order valence-electron chi connectivity index (χ4n) is 2.30. The molecule has 2 atom stereocenters. The van der Waals surface area contributed by atoms with Crippen molar-refractivity contribution in [2.24, 2.45) is 11.7 Å². The molecule has 1 saturated carbocycles. The van der Waals surface area contributed by atoms with Crippen LogP contribution in [0.5, 0.6) is 0 Å². The highest BCUT2D eigenvalue weighted by Gasteiger charge is 2.24. The maximum atomic E-state index is 11.8. The summed E-state index contributed by atoms with van der Waals surface area (Å²) in [4.78, 5) is 23.2. The molecule has 0 heterocycles. The first kappa shape index (κ1) is 15.0. The zero-order valence-electron chi connectivity index (χ0n) is 11.4. The van der Waals surface area contributed by atoms with E-state index >= 15 is 0 Å². The molecule has 0 radical (unpaired) electrons. The molecule has 1 rings (SSSR count). The Kier molecular flexibility index (Phi) is 6.12. The maximum absolute atomic E-state index is 11.8. The molecule has 0 bridgehead atoms. The molecule has 104 valence electrons. The van der Waals surface area contributed by atoms with E-state index in [-0.39, 0.29) is 29.8 Å². The Hall–Kier alpha value is -1.10. The number of carbonyl (C=O) groups is 2. The summed E-state index contributed by atoms with van der Waals surface area (Å²) >= 11 is 0. The summed E-state index contributed by atoms with van der Waals surface area (Å²) in [5.74, 6) is 0.0510. The molecule has 0 aromatic rings. The molecule has 0 spiro atoms. The van der Waals surface area contributed by atoms with Gasteiger partial charge in [0.2, 0.25) is 11.8 Å². The Morgan fingerprint density at radius 1 is 1.33 bits per heavy atom. The first-order chi connectivity index (χ1) is 8.49.